The molecule has 1 saturated carbocycles. The number of nitrogens with one attached hydrogen (secondary N) is 1. The monoisotopic (exact) mass is 352 g/mol. The summed E-state index contributed by atoms with van der Waals surface area (Å²) in [6, 6.07) is 0. The van der Waals surface area contributed by atoms with Crippen molar-refractivity contribution in [2.75, 3.05) is 40.3 Å². The summed E-state index contributed by atoms with van der Waals surface area (Å²) in [6.45, 7) is 7.77. The summed E-state index contributed by atoms with van der Waals surface area (Å²) in [6.07, 6.45) is 5.90. The third kappa shape index (κ3) is 6.51. The number of amides is 1. The number of hydrogen-bond donors (Lipinski definition) is 2. The zero-order valence-corrected chi connectivity index (χ0v) is 16.1. The summed E-state index contributed by atoms with van der Waals surface area (Å²) in [7, 11) is 3.68. The van der Waals surface area contributed by atoms with Crippen molar-refractivity contribution < 1.29 is 14.7 Å². The predicted octanol–water partition coefficient (Wildman–Crippen LogP) is 1.51. The van der Waals surface area contributed by atoms with Gasteiger partial charge in [-0.1, -0.05) is 6.08 Å². The molecule has 0 spiro atoms. The lowest BCUT2D eigenvalue weighted by atomic mass is 10.2. The van der Waals surface area contributed by atoms with Crippen molar-refractivity contribution in [1.82, 2.24) is 20.2 Å². The van der Waals surface area contributed by atoms with Gasteiger partial charge >= 0.3 is 0 Å². The highest BCUT2D eigenvalue weighted by Crippen LogP contribution is 2.29. The normalized spacial score (nSPS) is 15.4. The van der Waals surface area contributed by atoms with Crippen LogP contribution in [0.5, 0.6) is 0 Å². The van der Waals surface area contributed by atoms with Gasteiger partial charge < -0.3 is 14.9 Å². The van der Waals surface area contributed by atoms with Crippen molar-refractivity contribution >= 4 is 11.7 Å². The molecule has 1 aliphatic rings. The average molecular weight is 352 g/mol. The zero-order valence-electron chi connectivity index (χ0n) is 16.1. The van der Waals surface area contributed by atoms with E-state index < -0.39 is 11.5 Å². The van der Waals surface area contributed by atoms with Gasteiger partial charge in [-0.25, -0.2) is 5.43 Å². The molecule has 1 fully saturated rings. The van der Waals surface area contributed by atoms with Gasteiger partial charge in [0.15, 0.2) is 17.2 Å². The fourth-order valence-corrected chi connectivity index (χ4v) is 2.57. The first kappa shape index (κ1) is 21.2. The highest BCUT2D eigenvalue weighted by Gasteiger charge is 2.28. The van der Waals surface area contributed by atoms with Crippen LogP contribution in [-0.2, 0) is 9.59 Å². The number of hydrogen-bond acceptors (Lipinski definition) is 6. The zero-order chi connectivity index (χ0) is 19.0. The van der Waals surface area contributed by atoms with Crippen molar-refractivity contribution in [3.05, 3.63) is 23.7 Å². The van der Waals surface area contributed by atoms with E-state index in [4.69, 9.17) is 0 Å². The van der Waals surface area contributed by atoms with Crippen LogP contribution in [0.25, 0.3) is 0 Å². The van der Waals surface area contributed by atoms with Crippen LogP contribution in [0, 0.1) is 5.92 Å². The summed E-state index contributed by atoms with van der Waals surface area (Å²) in [5.41, 5.74) is 2.76. The number of nitrogens with zero attached hydrogens (tertiary/aromatic N) is 3. The number of likely N-dealkylation sites (N-methyl/N-ethyl adjacent to an activating group) is 2. The Balaban J connectivity index is 2.91. The van der Waals surface area contributed by atoms with Gasteiger partial charge in [0.2, 0.25) is 0 Å². The molecule has 0 aromatic heterocycles. The largest absolute Gasteiger partial charge is 0.503 e. The molecule has 0 aromatic rings. The molecule has 7 nitrogen and oxygen atoms in total. The summed E-state index contributed by atoms with van der Waals surface area (Å²) >= 11 is 0. The van der Waals surface area contributed by atoms with Crippen molar-refractivity contribution in [2.24, 2.45) is 5.92 Å². The maximum absolute atomic E-state index is 13.0. The van der Waals surface area contributed by atoms with E-state index in [9.17, 15) is 14.7 Å². The highest BCUT2D eigenvalue weighted by atomic mass is 16.3. The number of allylic oxidation sites excluding steroid dienone is 2. The summed E-state index contributed by atoms with van der Waals surface area (Å²) < 4.78 is 0. The average Bonchev–Trinajstić information content (AvgIpc) is 3.38. The minimum absolute atomic E-state index is 0.0557. The van der Waals surface area contributed by atoms with Gasteiger partial charge in [0.25, 0.3) is 5.91 Å². The molecular weight excluding hydrogens is 320 g/mol. The molecule has 0 heterocycles. The van der Waals surface area contributed by atoms with E-state index >= 15 is 0 Å². The van der Waals surface area contributed by atoms with Crippen LogP contribution in [-0.4, -0.2) is 71.9 Å². The Morgan fingerprint density at radius 1 is 1.28 bits per heavy atom. The number of Topliss-reactive ketones (excluding diaryl/α,β-unsaturated/α-hetero) is 1. The van der Waals surface area contributed by atoms with E-state index in [0.29, 0.717) is 13.1 Å². The molecule has 7 heteroatoms. The van der Waals surface area contributed by atoms with Crippen LogP contribution in [0.1, 0.15) is 33.6 Å². The topological polar surface area (TPSA) is 76.1 Å². The van der Waals surface area contributed by atoms with Crippen LogP contribution in [0.2, 0.25) is 0 Å². The number of hydrazine groups is 1. The second-order valence-corrected chi connectivity index (χ2v) is 6.42. The van der Waals surface area contributed by atoms with Crippen LogP contribution in [0.3, 0.4) is 0 Å². The third-order valence-corrected chi connectivity index (χ3v) is 4.23. The molecule has 0 saturated heterocycles. The fourth-order valence-electron chi connectivity index (χ4n) is 2.57. The van der Waals surface area contributed by atoms with Gasteiger partial charge in [0, 0.05) is 46.4 Å². The van der Waals surface area contributed by atoms with Gasteiger partial charge in [-0.3, -0.25) is 14.6 Å². The molecule has 0 bridgehead atoms. The predicted molar refractivity (Wildman–Crippen MR) is 98.5 cm³/mol. The molecule has 0 radical (unpaired) electrons. The first-order chi connectivity index (χ1) is 11.8. The van der Waals surface area contributed by atoms with E-state index in [-0.39, 0.29) is 11.6 Å². The second-order valence-electron chi connectivity index (χ2n) is 6.42. The molecule has 0 aromatic carbocycles. The molecule has 0 unspecified atom stereocenters. The molecule has 1 aliphatic carbocycles. The molecule has 0 aliphatic heterocycles. The number of carbonyl (C=O) groups excluding carboxylic acids is 2. The lowest BCUT2D eigenvalue weighted by molar-refractivity contribution is -0.130. The SMILES string of the molecule is C/C=C/N(NC)/C(C(=O)N(CC)CCN(C)CC1CC1)=C(/O)C(C)=O. The van der Waals surface area contributed by atoms with Crippen LogP contribution in [0.4, 0.5) is 0 Å². The Bertz CT molecular complexity index is 526. The van der Waals surface area contributed by atoms with Crippen LogP contribution >= 0.6 is 0 Å². The summed E-state index contributed by atoms with van der Waals surface area (Å²) in [5.74, 6) is -0.665. The van der Waals surface area contributed by atoms with Gasteiger partial charge in [-0.15, -0.1) is 0 Å². The molecule has 1 rings (SSSR count). The van der Waals surface area contributed by atoms with Gasteiger partial charge in [0.1, 0.15) is 0 Å². The molecule has 1 amide bonds. The minimum atomic E-state index is -0.546. The van der Waals surface area contributed by atoms with Crippen LogP contribution < -0.4 is 5.43 Å². The molecule has 142 valence electrons. The fraction of sp³-hybridized carbons (Fsp3) is 0.667. The first-order valence-corrected chi connectivity index (χ1v) is 8.87. The summed E-state index contributed by atoms with van der Waals surface area (Å²) in [5, 5.41) is 11.6. The van der Waals surface area contributed by atoms with Crippen LogP contribution in [0.15, 0.2) is 23.7 Å². The Labute approximate surface area is 150 Å². The Morgan fingerprint density at radius 3 is 2.36 bits per heavy atom. The molecule has 2 N–H and O–H groups in total. The van der Waals surface area contributed by atoms with E-state index in [0.717, 1.165) is 19.0 Å². The van der Waals surface area contributed by atoms with Gasteiger partial charge in [-0.2, -0.15) is 0 Å². The number of aliphatic hydroxyl groups excluding tert-OH is 1. The van der Waals surface area contributed by atoms with E-state index in [1.54, 1.807) is 31.1 Å². The quantitative estimate of drug-likeness (QED) is 0.333. The maximum Gasteiger partial charge on any atom is 0.275 e. The third-order valence-electron chi connectivity index (χ3n) is 4.23. The lowest BCUT2D eigenvalue weighted by Gasteiger charge is -2.29. The lowest BCUT2D eigenvalue weighted by Crippen LogP contribution is -2.44. The van der Waals surface area contributed by atoms with Crippen molar-refractivity contribution in [2.45, 2.75) is 33.6 Å². The minimum Gasteiger partial charge on any atom is -0.503 e. The number of aliphatic hydroxyl groups is 1. The summed E-state index contributed by atoms with van der Waals surface area (Å²) in [4.78, 5) is 28.5. The smallest absolute Gasteiger partial charge is 0.275 e. The van der Waals surface area contributed by atoms with E-state index in [1.807, 2.05) is 6.92 Å². The molecular formula is C18H32N4O3. The highest BCUT2D eigenvalue weighted by molar-refractivity contribution is 6.02. The first-order valence-electron chi connectivity index (χ1n) is 8.87. The van der Waals surface area contributed by atoms with E-state index in [2.05, 4.69) is 17.4 Å². The molecule has 25 heavy (non-hydrogen) atoms. The van der Waals surface area contributed by atoms with Crippen molar-refractivity contribution in [3.63, 3.8) is 0 Å². The van der Waals surface area contributed by atoms with Crippen molar-refractivity contribution in [1.29, 1.82) is 0 Å². The Hall–Kier alpha value is -1.86. The van der Waals surface area contributed by atoms with Gasteiger partial charge in [0.05, 0.1) is 0 Å². The van der Waals surface area contributed by atoms with E-state index in [1.165, 1.54) is 24.8 Å². The Kier molecular flexibility index (Phi) is 8.65. The number of ketones is 1. The Morgan fingerprint density at radius 2 is 1.92 bits per heavy atom. The van der Waals surface area contributed by atoms with Crippen molar-refractivity contribution in [3.8, 4) is 0 Å². The number of rotatable bonds is 11. The second kappa shape index (κ2) is 10.2. The molecule has 0 atom stereocenters. The van der Waals surface area contributed by atoms with Gasteiger partial charge in [-0.05, 0) is 39.7 Å². The maximum atomic E-state index is 13.0. The number of carbonyl (C=O) groups is 2. The standard InChI is InChI=1S/C18H32N4O3/c1-6-10-22(19-4)16(17(24)14(3)23)18(25)21(7-2)12-11-20(5)13-15-8-9-15/h6,10,15,19,24H,7-9,11-13H2,1-5H3/b10-6+,17-16+.